The highest BCUT2D eigenvalue weighted by atomic mass is 16.2. The summed E-state index contributed by atoms with van der Waals surface area (Å²) >= 11 is 0. The molecule has 1 unspecified atom stereocenters. The van der Waals surface area contributed by atoms with Crippen molar-refractivity contribution in [2.45, 2.75) is 58.9 Å². The van der Waals surface area contributed by atoms with E-state index in [4.69, 9.17) is 11.5 Å². The number of rotatable bonds is 8. The number of nitrogens with two attached hydrogens (primary N) is 2. The Labute approximate surface area is 110 Å². The van der Waals surface area contributed by atoms with E-state index in [9.17, 15) is 9.59 Å². The summed E-state index contributed by atoms with van der Waals surface area (Å²) in [5, 5.41) is 2.71. The summed E-state index contributed by atoms with van der Waals surface area (Å²) in [6.07, 6.45) is 4.28. The first-order chi connectivity index (χ1) is 8.29. The van der Waals surface area contributed by atoms with Gasteiger partial charge in [-0.3, -0.25) is 9.59 Å². The van der Waals surface area contributed by atoms with Gasteiger partial charge in [-0.15, -0.1) is 0 Å². The lowest BCUT2D eigenvalue weighted by atomic mass is 9.86. The van der Waals surface area contributed by atoms with Crippen LogP contribution < -0.4 is 16.8 Å². The van der Waals surface area contributed by atoms with Gasteiger partial charge in [-0.1, -0.05) is 33.6 Å². The molecule has 0 radical (unpaired) electrons. The average Bonchev–Trinajstić information content (AvgIpc) is 2.23. The van der Waals surface area contributed by atoms with Crippen LogP contribution in [0.4, 0.5) is 0 Å². The van der Waals surface area contributed by atoms with Crippen LogP contribution in [0, 0.1) is 5.41 Å². The van der Waals surface area contributed by atoms with Crippen LogP contribution in [0.2, 0.25) is 0 Å². The van der Waals surface area contributed by atoms with Crippen molar-refractivity contribution < 1.29 is 9.59 Å². The first-order valence-electron chi connectivity index (χ1n) is 6.57. The second kappa shape index (κ2) is 8.08. The highest BCUT2D eigenvalue weighted by molar-refractivity contribution is 5.87. The molecule has 0 aromatic carbocycles. The summed E-state index contributed by atoms with van der Waals surface area (Å²) in [6, 6.07) is -0.617. The van der Waals surface area contributed by atoms with E-state index in [2.05, 4.69) is 5.32 Å². The molecule has 2 amide bonds. The van der Waals surface area contributed by atoms with Crippen molar-refractivity contribution in [3.63, 3.8) is 0 Å². The molecule has 18 heavy (non-hydrogen) atoms. The van der Waals surface area contributed by atoms with Crippen molar-refractivity contribution in [2.24, 2.45) is 16.9 Å². The van der Waals surface area contributed by atoms with Crippen molar-refractivity contribution in [1.82, 2.24) is 5.32 Å². The first kappa shape index (κ1) is 16.9. The van der Waals surface area contributed by atoms with Crippen molar-refractivity contribution in [2.75, 3.05) is 6.54 Å². The Morgan fingerprint density at radius 2 is 1.67 bits per heavy atom. The Bertz CT molecular complexity index is 272. The molecule has 0 aromatic rings. The first-order valence-corrected chi connectivity index (χ1v) is 6.57. The monoisotopic (exact) mass is 257 g/mol. The van der Waals surface area contributed by atoms with Crippen LogP contribution in [-0.2, 0) is 9.59 Å². The van der Waals surface area contributed by atoms with Gasteiger partial charge in [0.05, 0.1) is 0 Å². The van der Waals surface area contributed by atoms with E-state index in [1.807, 2.05) is 20.8 Å². The molecule has 0 aliphatic rings. The van der Waals surface area contributed by atoms with Crippen LogP contribution in [-0.4, -0.2) is 24.4 Å². The van der Waals surface area contributed by atoms with E-state index < -0.39 is 11.9 Å². The normalized spacial score (nSPS) is 13.1. The maximum absolute atomic E-state index is 11.7. The molecule has 0 aliphatic carbocycles. The smallest absolute Gasteiger partial charge is 0.240 e. The average molecular weight is 257 g/mol. The highest BCUT2D eigenvalue weighted by Crippen LogP contribution is 2.19. The topological polar surface area (TPSA) is 98.2 Å². The van der Waals surface area contributed by atoms with E-state index in [-0.39, 0.29) is 11.3 Å². The van der Waals surface area contributed by atoms with Gasteiger partial charge < -0.3 is 16.8 Å². The molecule has 0 spiro atoms. The van der Waals surface area contributed by atoms with E-state index in [1.54, 1.807) is 0 Å². The predicted molar refractivity (Wildman–Crippen MR) is 72.7 cm³/mol. The Balaban J connectivity index is 4.01. The van der Waals surface area contributed by atoms with Gasteiger partial charge in [0, 0.05) is 6.42 Å². The summed E-state index contributed by atoms with van der Waals surface area (Å²) in [5.41, 5.74) is 10.3. The molecule has 0 saturated carbocycles. The van der Waals surface area contributed by atoms with Gasteiger partial charge in [-0.05, 0) is 24.8 Å². The van der Waals surface area contributed by atoms with Crippen molar-refractivity contribution in [3.8, 4) is 0 Å². The zero-order valence-electron chi connectivity index (χ0n) is 11.8. The standard InChI is InChI=1S/C13H27N3O2/c1-13(2,3)11(12(15)18)16-10(17)8-6-4-5-7-9-14/h11H,4-9,14H2,1-3H3,(H2,15,18)(H,16,17). The largest absolute Gasteiger partial charge is 0.368 e. The number of amides is 2. The third-order valence-electron chi connectivity index (χ3n) is 2.81. The summed E-state index contributed by atoms with van der Waals surface area (Å²) in [6.45, 7) is 6.33. The Morgan fingerprint density at radius 3 is 2.11 bits per heavy atom. The maximum Gasteiger partial charge on any atom is 0.240 e. The zero-order valence-corrected chi connectivity index (χ0v) is 11.8. The van der Waals surface area contributed by atoms with Crippen LogP contribution in [0.1, 0.15) is 52.9 Å². The molecule has 0 rings (SSSR count). The van der Waals surface area contributed by atoms with Gasteiger partial charge in [-0.25, -0.2) is 0 Å². The molecule has 0 bridgehead atoms. The number of carbonyl (C=O) groups is 2. The Kier molecular flexibility index (Phi) is 7.59. The Morgan fingerprint density at radius 1 is 1.11 bits per heavy atom. The van der Waals surface area contributed by atoms with Crippen molar-refractivity contribution in [1.29, 1.82) is 0 Å². The van der Waals surface area contributed by atoms with Gasteiger partial charge in [0.1, 0.15) is 6.04 Å². The van der Waals surface area contributed by atoms with Crippen LogP contribution in [0.3, 0.4) is 0 Å². The fourth-order valence-electron chi connectivity index (χ4n) is 1.73. The summed E-state index contributed by atoms with van der Waals surface area (Å²) in [7, 11) is 0. The number of hydrogen-bond acceptors (Lipinski definition) is 3. The molecule has 1 atom stereocenters. The Hall–Kier alpha value is -1.10. The van der Waals surface area contributed by atoms with Crippen molar-refractivity contribution in [3.05, 3.63) is 0 Å². The number of carbonyl (C=O) groups excluding carboxylic acids is 2. The summed E-state index contributed by atoms with van der Waals surface area (Å²) in [5.74, 6) is -0.597. The molecule has 5 heteroatoms. The lowest BCUT2D eigenvalue weighted by Crippen LogP contribution is -2.51. The van der Waals surface area contributed by atoms with Crippen LogP contribution in [0.15, 0.2) is 0 Å². The fraction of sp³-hybridized carbons (Fsp3) is 0.846. The molecule has 0 aliphatic heterocycles. The molecule has 5 nitrogen and oxygen atoms in total. The van der Waals surface area contributed by atoms with Gasteiger partial charge in [0.2, 0.25) is 11.8 Å². The summed E-state index contributed by atoms with van der Waals surface area (Å²) in [4.78, 5) is 23.0. The molecular weight excluding hydrogens is 230 g/mol. The van der Waals surface area contributed by atoms with Gasteiger partial charge in [0.15, 0.2) is 0 Å². The SMILES string of the molecule is CC(C)(C)C(NC(=O)CCCCCCN)C(N)=O. The van der Waals surface area contributed by atoms with E-state index >= 15 is 0 Å². The van der Waals surface area contributed by atoms with E-state index in [0.717, 1.165) is 25.7 Å². The highest BCUT2D eigenvalue weighted by Gasteiger charge is 2.30. The molecule has 0 aromatic heterocycles. The van der Waals surface area contributed by atoms with Crippen LogP contribution in [0.25, 0.3) is 0 Å². The molecule has 0 fully saturated rings. The fourth-order valence-corrected chi connectivity index (χ4v) is 1.73. The van der Waals surface area contributed by atoms with E-state index in [1.165, 1.54) is 0 Å². The quantitative estimate of drug-likeness (QED) is 0.564. The third kappa shape index (κ3) is 7.27. The molecule has 0 saturated heterocycles. The van der Waals surface area contributed by atoms with Gasteiger partial charge in [-0.2, -0.15) is 0 Å². The zero-order chi connectivity index (χ0) is 14.2. The lowest BCUT2D eigenvalue weighted by Gasteiger charge is -2.28. The number of primary amides is 1. The van der Waals surface area contributed by atoms with Gasteiger partial charge >= 0.3 is 0 Å². The number of hydrogen-bond donors (Lipinski definition) is 3. The number of unbranched alkanes of at least 4 members (excludes halogenated alkanes) is 3. The predicted octanol–water partition coefficient (Wildman–Crippen LogP) is 0.912. The lowest BCUT2D eigenvalue weighted by molar-refractivity contribution is -0.129. The van der Waals surface area contributed by atoms with Gasteiger partial charge in [0.25, 0.3) is 0 Å². The van der Waals surface area contributed by atoms with E-state index in [0.29, 0.717) is 13.0 Å². The van der Waals surface area contributed by atoms with Crippen LogP contribution in [0.5, 0.6) is 0 Å². The minimum atomic E-state index is -0.617. The minimum Gasteiger partial charge on any atom is -0.368 e. The minimum absolute atomic E-state index is 0.110. The maximum atomic E-state index is 11.7. The molecule has 106 valence electrons. The molecular formula is C13H27N3O2. The molecule has 5 N–H and O–H groups in total. The third-order valence-corrected chi connectivity index (χ3v) is 2.81. The molecule has 0 heterocycles. The second-order valence-electron chi connectivity index (χ2n) is 5.72. The summed E-state index contributed by atoms with van der Waals surface area (Å²) < 4.78 is 0. The second-order valence-corrected chi connectivity index (χ2v) is 5.72. The van der Waals surface area contributed by atoms with Crippen molar-refractivity contribution >= 4 is 11.8 Å². The van der Waals surface area contributed by atoms with Crippen LogP contribution >= 0.6 is 0 Å². The number of nitrogens with one attached hydrogen (secondary N) is 1.